The van der Waals surface area contributed by atoms with Crippen LogP contribution < -0.4 is 10.6 Å². The van der Waals surface area contributed by atoms with Gasteiger partial charge in [-0.2, -0.15) is 8.42 Å². The van der Waals surface area contributed by atoms with Crippen LogP contribution in [0.1, 0.15) is 13.3 Å². The topological polar surface area (TPSA) is 125 Å². The minimum atomic E-state index is -3.93. The molecule has 1 aliphatic heterocycles. The molecular weight excluding hydrogens is 286 g/mol. The first-order valence-corrected chi connectivity index (χ1v) is 6.96. The van der Waals surface area contributed by atoms with Crippen molar-refractivity contribution < 1.29 is 23.1 Å². The Morgan fingerprint density at radius 3 is 2.70 bits per heavy atom. The molecule has 0 saturated carbocycles. The number of nitrogens with zero attached hydrogens (tertiary/aromatic N) is 1. The van der Waals surface area contributed by atoms with E-state index in [1.54, 1.807) is 0 Å². The summed E-state index contributed by atoms with van der Waals surface area (Å²) in [6.07, 6.45) is -0.539. The van der Waals surface area contributed by atoms with Gasteiger partial charge in [0.15, 0.2) is 0 Å². The van der Waals surface area contributed by atoms with Crippen molar-refractivity contribution >= 4 is 39.1 Å². The Labute approximate surface area is 114 Å². The summed E-state index contributed by atoms with van der Waals surface area (Å²) in [5.74, 6) is -1.68. The lowest BCUT2D eigenvalue weighted by Crippen LogP contribution is -2.24. The summed E-state index contributed by atoms with van der Waals surface area (Å²) in [5, 5.41) is 13.8. The second kappa shape index (κ2) is 4.93. The molecule has 0 bridgehead atoms. The highest BCUT2D eigenvalue weighted by atomic mass is 32.2. The second-order valence-electron chi connectivity index (χ2n) is 4.10. The molecule has 3 N–H and O–H groups in total. The fourth-order valence-electron chi connectivity index (χ4n) is 1.73. The van der Waals surface area contributed by atoms with Crippen LogP contribution in [0.5, 0.6) is 0 Å². The van der Waals surface area contributed by atoms with Gasteiger partial charge in [-0.15, -0.1) is 4.40 Å². The zero-order valence-corrected chi connectivity index (χ0v) is 11.2. The number of sulfonamides is 1. The summed E-state index contributed by atoms with van der Waals surface area (Å²) >= 11 is 0. The zero-order valence-electron chi connectivity index (χ0n) is 10.4. The highest BCUT2D eigenvalue weighted by molar-refractivity contribution is 7.90. The molecule has 20 heavy (non-hydrogen) atoms. The SMILES string of the molecule is CC(=O)Nc1ccc2c(c1)NC(CC(=O)O)=NS2(=O)=O. The lowest BCUT2D eigenvalue weighted by molar-refractivity contribution is -0.135. The number of anilines is 2. The van der Waals surface area contributed by atoms with Crippen LogP contribution in [-0.2, 0) is 19.6 Å². The number of aliphatic carboxylic acids is 1. The summed E-state index contributed by atoms with van der Waals surface area (Å²) in [6.45, 7) is 1.32. The van der Waals surface area contributed by atoms with Crippen molar-refractivity contribution in [3.8, 4) is 0 Å². The molecule has 0 unspecified atom stereocenters. The molecule has 0 atom stereocenters. The van der Waals surface area contributed by atoms with Crippen molar-refractivity contribution in [2.75, 3.05) is 10.6 Å². The van der Waals surface area contributed by atoms with Crippen molar-refractivity contribution in [2.24, 2.45) is 4.40 Å². The molecule has 2 rings (SSSR count). The minimum absolute atomic E-state index is 0.0688. The van der Waals surface area contributed by atoms with E-state index in [9.17, 15) is 18.0 Å². The molecule has 1 amide bonds. The predicted octanol–water partition coefficient (Wildman–Crippen LogP) is 0.632. The molecule has 9 heteroatoms. The molecule has 1 heterocycles. The monoisotopic (exact) mass is 297 g/mol. The molecule has 0 saturated heterocycles. The van der Waals surface area contributed by atoms with Gasteiger partial charge in [0.2, 0.25) is 5.91 Å². The molecule has 1 aliphatic rings. The van der Waals surface area contributed by atoms with Gasteiger partial charge in [-0.05, 0) is 18.2 Å². The van der Waals surface area contributed by atoms with Gasteiger partial charge in [0.05, 0.1) is 5.69 Å². The van der Waals surface area contributed by atoms with Crippen molar-refractivity contribution in [1.82, 2.24) is 0 Å². The molecule has 0 aliphatic carbocycles. The van der Waals surface area contributed by atoms with Crippen LogP contribution in [-0.4, -0.2) is 31.2 Å². The van der Waals surface area contributed by atoms with Gasteiger partial charge in [-0.3, -0.25) is 9.59 Å². The van der Waals surface area contributed by atoms with E-state index in [0.29, 0.717) is 5.69 Å². The highest BCUT2D eigenvalue weighted by Crippen LogP contribution is 2.30. The maximum absolute atomic E-state index is 11.9. The largest absolute Gasteiger partial charge is 0.481 e. The van der Waals surface area contributed by atoms with E-state index in [-0.39, 0.29) is 22.3 Å². The smallest absolute Gasteiger partial charge is 0.311 e. The van der Waals surface area contributed by atoms with E-state index in [1.165, 1.54) is 25.1 Å². The predicted molar refractivity (Wildman–Crippen MR) is 71.2 cm³/mol. The number of amidine groups is 1. The molecule has 8 nitrogen and oxygen atoms in total. The number of carbonyl (C=O) groups excluding carboxylic acids is 1. The summed E-state index contributed by atoms with van der Waals surface area (Å²) < 4.78 is 27.2. The molecular formula is C11H11N3O5S. The van der Waals surface area contributed by atoms with Crippen molar-refractivity contribution in [2.45, 2.75) is 18.2 Å². The first-order chi connectivity index (χ1) is 9.28. The summed E-state index contributed by atoms with van der Waals surface area (Å²) in [4.78, 5) is 21.5. The maximum atomic E-state index is 11.9. The van der Waals surface area contributed by atoms with Crippen molar-refractivity contribution in [3.05, 3.63) is 18.2 Å². The standard InChI is InChI=1S/C11H11N3O5S/c1-6(15)12-7-2-3-9-8(4-7)13-10(5-11(16)17)14-20(9,18)19/h2-4H,5H2,1H3,(H,12,15)(H,13,14)(H,16,17). The average Bonchev–Trinajstić information content (AvgIpc) is 2.25. The van der Waals surface area contributed by atoms with E-state index in [1.807, 2.05) is 0 Å². The molecule has 106 valence electrons. The van der Waals surface area contributed by atoms with Gasteiger partial charge in [-0.25, -0.2) is 0 Å². The summed E-state index contributed by atoms with van der Waals surface area (Å²) in [5.41, 5.74) is 0.582. The van der Waals surface area contributed by atoms with Crippen LogP contribution in [0.25, 0.3) is 0 Å². The van der Waals surface area contributed by atoms with Crippen molar-refractivity contribution in [3.63, 3.8) is 0 Å². The molecule has 0 spiro atoms. The average molecular weight is 297 g/mol. The van der Waals surface area contributed by atoms with Gasteiger partial charge in [-0.1, -0.05) is 0 Å². The molecule has 0 fully saturated rings. The zero-order chi connectivity index (χ0) is 14.9. The Morgan fingerprint density at radius 2 is 2.10 bits per heavy atom. The summed E-state index contributed by atoms with van der Waals surface area (Å²) in [7, 11) is -3.93. The number of nitrogens with one attached hydrogen (secondary N) is 2. The van der Waals surface area contributed by atoms with Crippen LogP contribution >= 0.6 is 0 Å². The molecule has 1 aromatic rings. The van der Waals surface area contributed by atoms with E-state index >= 15 is 0 Å². The van der Waals surface area contributed by atoms with E-state index in [4.69, 9.17) is 5.11 Å². The van der Waals surface area contributed by atoms with E-state index < -0.39 is 22.4 Å². The number of fused-ring (bicyclic) bond motifs is 1. The van der Waals surface area contributed by atoms with Gasteiger partial charge < -0.3 is 15.7 Å². The molecule has 0 radical (unpaired) electrons. The maximum Gasteiger partial charge on any atom is 0.311 e. The van der Waals surface area contributed by atoms with Crippen LogP contribution in [0, 0.1) is 0 Å². The number of amides is 1. The summed E-state index contributed by atoms with van der Waals surface area (Å²) in [6, 6.07) is 4.13. The number of carboxylic acids is 1. The Morgan fingerprint density at radius 1 is 1.40 bits per heavy atom. The van der Waals surface area contributed by atoms with Crippen LogP contribution in [0.15, 0.2) is 27.5 Å². The van der Waals surface area contributed by atoms with Crippen molar-refractivity contribution in [1.29, 1.82) is 0 Å². The number of hydrogen-bond donors (Lipinski definition) is 3. The molecule has 1 aromatic carbocycles. The van der Waals surface area contributed by atoms with Gasteiger partial charge in [0, 0.05) is 12.6 Å². The highest BCUT2D eigenvalue weighted by Gasteiger charge is 2.26. The van der Waals surface area contributed by atoms with Crippen LogP contribution in [0.3, 0.4) is 0 Å². The first kappa shape index (κ1) is 14.0. The number of benzene rings is 1. The third-order valence-corrected chi connectivity index (χ3v) is 3.78. The Kier molecular flexibility index (Phi) is 3.45. The fraction of sp³-hybridized carbons (Fsp3) is 0.182. The normalized spacial score (nSPS) is 15.6. The van der Waals surface area contributed by atoms with Crippen LogP contribution in [0.2, 0.25) is 0 Å². The van der Waals surface area contributed by atoms with Gasteiger partial charge in [0.1, 0.15) is 17.2 Å². The van der Waals surface area contributed by atoms with Gasteiger partial charge in [0.25, 0.3) is 10.0 Å². The third-order valence-electron chi connectivity index (χ3n) is 2.41. The van der Waals surface area contributed by atoms with E-state index in [0.717, 1.165) is 0 Å². The Bertz CT molecular complexity index is 724. The molecule has 0 aromatic heterocycles. The third kappa shape index (κ3) is 2.94. The fourth-order valence-corrected chi connectivity index (χ4v) is 2.85. The quantitative estimate of drug-likeness (QED) is 0.751. The van der Waals surface area contributed by atoms with E-state index in [2.05, 4.69) is 15.0 Å². The van der Waals surface area contributed by atoms with Gasteiger partial charge >= 0.3 is 5.97 Å². The Balaban J connectivity index is 2.42. The number of hydrogen-bond acceptors (Lipinski definition) is 5. The second-order valence-corrected chi connectivity index (χ2v) is 5.67. The number of carboxylic acid groups (broad SMARTS) is 1. The number of carbonyl (C=O) groups is 2. The Hall–Kier alpha value is -2.42. The lowest BCUT2D eigenvalue weighted by atomic mass is 10.2. The lowest BCUT2D eigenvalue weighted by Gasteiger charge is -2.18. The minimum Gasteiger partial charge on any atom is -0.481 e. The number of rotatable bonds is 3. The van der Waals surface area contributed by atoms with Crippen LogP contribution in [0.4, 0.5) is 11.4 Å². The first-order valence-electron chi connectivity index (χ1n) is 5.52.